The van der Waals surface area contributed by atoms with Gasteiger partial charge in [0, 0.05) is 34.3 Å². The van der Waals surface area contributed by atoms with Crippen LogP contribution >= 0.6 is 11.6 Å². The second kappa shape index (κ2) is 10.0. The van der Waals surface area contributed by atoms with Gasteiger partial charge in [-0.15, -0.1) is 0 Å². The quantitative estimate of drug-likeness (QED) is 0.568. The van der Waals surface area contributed by atoms with Gasteiger partial charge >= 0.3 is 5.97 Å². The summed E-state index contributed by atoms with van der Waals surface area (Å²) in [5, 5.41) is 3.98. The lowest BCUT2D eigenvalue weighted by atomic mass is 9.71. The SMILES string of the molecule is COC(=O)C1=C(C)NC2=C(C(=O)C[C@@H](c3ccc(Cl)cc3)C2)[C@H]1c1cc(OC)c(OC)c(OC)c1. The van der Waals surface area contributed by atoms with Crippen LogP contribution in [-0.4, -0.2) is 40.2 Å². The van der Waals surface area contributed by atoms with Crippen molar-refractivity contribution >= 4 is 23.4 Å². The fraction of sp³-hybridized carbons (Fsp3) is 0.333. The average molecular weight is 498 g/mol. The van der Waals surface area contributed by atoms with Crippen molar-refractivity contribution in [3.05, 3.63) is 75.1 Å². The first-order valence-corrected chi connectivity index (χ1v) is 11.6. The van der Waals surface area contributed by atoms with Gasteiger partial charge in [0.1, 0.15) is 0 Å². The number of methoxy groups -OCH3 is 4. The fourth-order valence-electron chi connectivity index (χ4n) is 4.99. The van der Waals surface area contributed by atoms with Gasteiger partial charge in [0.05, 0.1) is 34.0 Å². The number of hydrogen-bond donors (Lipinski definition) is 1. The molecule has 1 N–H and O–H groups in total. The van der Waals surface area contributed by atoms with E-state index < -0.39 is 11.9 Å². The maximum atomic E-state index is 13.7. The molecule has 1 aliphatic carbocycles. The van der Waals surface area contributed by atoms with Crippen molar-refractivity contribution in [1.29, 1.82) is 0 Å². The number of hydrogen-bond acceptors (Lipinski definition) is 7. The Balaban J connectivity index is 1.87. The van der Waals surface area contributed by atoms with E-state index in [1.807, 2.05) is 31.2 Å². The minimum absolute atomic E-state index is 0.000849. The lowest BCUT2D eigenvalue weighted by Gasteiger charge is -2.36. The topological polar surface area (TPSA) is 83.1 Å². The monoisotopic (exact) mass is 497 g/mol. The van der Waals surface area contributed by atoms with E-state index in [9.17, 15) is 9.59 Å². The summed E-state index contributed by atoms with van der Waals surface area (Å²) in [6.07, 6.45) is 0.937. The van der Waals surface area contributed by atoms with Crippen molar-refractivity contribution in [1.82, 2.24) is 5.32 Å². The molecule has 184 valence electrons. The Kier molecular flexibility index (Phi) is 7.08. The predicted molar refractivity (Wildman–Crippen MR) is 132 cm³/mol. The summed E-state index contributed by atoms with van der Waals surface area (Å²) >= 11 is 6.06. The molecule has 0 fully saturated rings. The third-order valence-electron chi connectivity index (χ3n) is 6.59. The lowest BCUT2D eigenvalue weighted by molar-refractivity contribution is -0.136. The highest BCUT2D eigenvalue weighted by Crippen LogP contribution is 2.49. The molecule has 1 aliphatic heterocycles. The summed E-state index contributed by atoms with van der Waals surface area (Å²) < 4.78 is 21.7. The van der Waals surface area contributed by atoms with E-state index in [0.29, 0.717) is 57.5 Å². The largest absolute Gasteiger partial charge is 0.493 e. The molecule has 0 unspecified atom stereocenters. The molecule has 8 heteroatoms. The fourth-order valence-corrected chi connectivity index (χ4v) is 5.12. The van der Waals surface area contributed by atoms with Crippen LogP contribution in [0.2, 0.25) is 5.02 Å². The molecule has 2 aromatic carbocycles. The maximum absolute atomic E-state index is 13.7. The molecule has 2 aromatic rings. The summed E-state index contributed by atoms with van der Waals surface area (Å²) in [6.45, 7) is 1.82. The Labute approximate surface area is 209 Å². The van der Waals surface area contributed by atoms with Gasteiger partial charge in [0.25, 0.3) is 0 Å². The average Bonchev–Trinajstić information content (AvgIpc) is 2.86. The number of rotatable bonds is 6. The summed E-state index contributed by atoms with van der Waals surface area (Å²) in [7, 11) is 5.91. The second-order valence-corrected chi connectivity index (χ2v) is 8.96. The molecule has 35 heavy (non-hydrogen) atoms. The van der Waals surface area contributed by atoms with Gasteiger partial charge in [-0.3, -0.25) is 4.79 Å². The molecular formula is C27H28ClNO6. The number of ether oxygens (including phenoxy) is 4. The Bertz CT molecular complexity index is 1210. The second-order valence-electron chi connectivity index (χ2n) is 8.52. The number of esters is 1. The van der Waals surface area contributed by atoms with Gasteiger partial charge in [0.2, 0.25) is 5.75 Å². The van der Waals surface area contributed by atoms with Crippen LogP contribution in [0.15, 0.2) is 58.9 Å². The van der Waals surface area contributed by atoms with Crippen LogP contribution in [0.5, 0.6) is 17.2 Å². The molecule has 0 bridgehead atoms. The highest BCUT2D eigenvalue weighted by molar-refractivity contribution is 6.30. The number of Topliss-reactive ketones (excluding diaryl/α,β-unsaturated/α-hetero) is 1. The first-order chi connectivity index (χ1) is 16.8. The molecule has 0 saturated heterocycles. The van der Waals surface area contributed by atoms with Crippen LogP contribution in [0.1, 0.15) is 42.7 Å². The van der Waals surface area contributed by atoms with Gasteiger partial charge in [0.15, 0.2) is 17.3 Å². The van der Waals surface area contributed by atoms with Crippen LogP contribution in [-0.2, 0) is 14.3 Å². The highest BCUT2D eigenvalue weighted by atomic mass is 35.5. The third-order valence-corrected chi connectivity index (χ3v) is 6.85. The summed E-state index contributed by atoms with van der Waals surface area (Å²) in [4.78, 5) is 26.6. The molecule has 0 amide bonds. The van der Waals surface area contributed by atoms with E-state index in [1.54, 1.807) is 12.1 Å². The number of benzene rings is 2. The maximum Gasteiger partial charge on any atom is 0.336 e. The molecule has 2 aliphatic rings. The molecule has 0 aromatic heterocycles. The third kappa shape index (κ3) is 4.48. The summed E-state index contributed by atoms with van der Waals surface area (Å²) in [6, 6.07) is 11.1. The summed E-state index contributed by atoms with van der Waals surface area (Å²) in [5.74, 6) is 0.114. The molecule has 4 rings (SSSR count). The van der Waals surface area contributed by atoms with Crippen molar-refractivity contribution in [2.75, 3.05) is 28.4 Å². The number of halogens is 1. The van der Waals surface area contributed by atoms with E-state index in [4.69, 9.17) is 30.5 Å². The van der Waals surface area contributed by atoms with E-state index >= 15 is 0 Å². The first kappa shape index (κ1) is 24.7. The Morgan fingerprint density at radius 1 is 0.943 bits per heavy atom. The minimum Gasteiger partial charge on any atom is -0.493 e. The van der Waals surface area contributed by atoms with Crippen molar-refractivity contribution in [2.24, 2.45) is 0 Å². The highest BCUT2D eigenvalue weighted by Gasteiger charge is 2.42. The van der Waals surface area contributed by atoms with Crippen LogP contribution in [0.3, 0.4) is 0 Å². The van der Waals surface area contributed by atoms with Crippen LogP contribution < -0.4 is 19.5 Å². The number of nitrogens with one attached hydrogen (secondary N) is 1. The van der Waals surface area contributed by atoms with Gasteiger partial charge in [-0.25, -0.2) is 4.79 Å². The molecule has 7 nitrogen and oxygen atoms in total. The number of allylic oxidation sites excluding steroid dienone is 3. The van der Waals surface area contributed by atoms with Crippen molar-refractivity contribution < 1.29 is 28.5 Å². The normalized spacial score (nSPS) is 19.7. The number of carbonyl (C=O) groups excluding carboxylic acids is 2. The molecule has 0 radical (unpaired) electrons. The van der Waals surface area contributed by atoms with Crippen LogP contribution in [0, 0.1) is 0 Å². The van der Waals surface area contributed by atoms with E-state index in [-0.39, 0.29) is 11.7 Å². The number of ketones is 1. The van der Waals surface area contributed by atoms with Gasteiger partial charge in [-0.05, 0) is 54.7 Å². The number of dihydropyridines is 1. The van der Waals surface area contributed by atoms with Gasteiger partial charge in [-0.2, -0.15) is 0 Å². The molecule has 1 heterocycles. The number of carbonyl (C=O) groups is 2. The lowest BCUT2D eigenvalue weighted by Crippen LogP contribution is -2.36. The molecule has 2 atom stereocenters. The zero-order valence-corrected chi connectivity index (χ0v) is 21.1. The van der Waals surface area contributed by atoms with Crippen molar-refractivity contribution in [3.63, 3.8) is 0 Å². The smallest absolute Gasteiger partial charge is 0.336 e. The van der Waals surface area contributed by atoms with Gasteiger partial charge in [-0.1, -0.05) is 23.7 Å². The van der Waals surface area contributed by atoms with Crippen molar-refractivity contribution in [2.45, 2.75) is 31.6 Å². The molecule has 0 saturated carbocycles. The van der Waals surface area contributed by atoms with E-state index in [1.165, 1.54) is 28.4 Å². The predicted octanol–water partition coefficient (Wildman–Crippen LogP) is 4.90. The Hall–Kier alpha value is -3.45. The molecular weight excluding hydrogens is 470 g/mol. The molecule has 0 spiro atoms. The zero-order chi connectivity index (χ0) is 25.3. The van der Waals surface area contributed by atoms with Gasteiger partial charge < -0.3 is 24.3 Å². The Morgan fingerprint density at radius 2 is 1.57 bits per heavy atom. The summed E-state index contributed by atoms with van der Waals surface area (Å²) in [5.41, 5.74) is 4.07. The minimum atomic E-state index is -0.647. The van der Waals surface area contributed by atoms with Crippen LogP contribution in [0.25, 0.3) is 0 Å². The standard InChI is InChI=1S/C27H28ClNO6/c1-14-23(27(31)35-5)24(17-12-21(32-2)26(34-4)22(13-17)33-3)25-19(29-14)10-16(11-20(25)30)15-6-8-18(28)9-7-15/h6-9,12-13,16,24,29H,10-11H2,1-5H3/t16-,24-/m0/s1. The zero-order valence-electron chi connectivity index (χ0n) is 20.4. The Morgan fingerprint density at radius 3 is 2.11 bits per heavy atom. The first-order valence-electron chi connectivity index (χ1n) is 11.2. The van der Waals surface area contributed by atoms with Crippen LogP contribution in [0.4, 0.5) is 0 Å². The van der Waals surface area contributed by atoms with E-state index in [0.717, 1.165) is 11.3 Å². The van der Waals surface area contributed by atoms with E-state index in [2.05, 4.69) is 5.32 Å². The van der Waals surface area contributed by atoms with Crippen molar-refractivity contribution in [3.8, 4) is 17.2 Å².